The van der Waals surface area contributed by atoms with Crippen molar-refractivity contribution in [1.29, 1.82) is 0 Å². The number of hydrogen-bond donors (Lipinski definition) is 0. The van der Waals surface area contributed by atoms with Crippen LogP contribution < -0.4 is 0 Å². The van der Waals surface area contributed by atoms with E-state index in [0.29, 0.717) is 18.0 Å². The zero-order chi connectivity index (χ0) is 22.0. The van der Waals surface area contributed by atoms with Crippen molar-refractivity contribution in [2.45, 2.75) is 50.7 Å². The predicted octanol–water partition coefficient (Wildman–Crippen LogP) is 4.03. The molecule has 0 N–H and O–H groups in total. The lowest BCUT2D eigenvalue weighted by molar-refractivity contribution is 0.0458. The highest BCUT2D eigenvalue weighted by atomic mass is 32.2. The summed E-state index contributed by atoms with van der Waals surface area (Å²) in [6.07, 6.45) is 2.68. The van der Waals surface area contributed by atoms with Crippen molar-refractivity contribution in [1.82, 2.24) is 14.4 Å². The summed E-state index contributed by atoms with van der Waals surface area (Å²) < 4.78 is 38.3. The first-order chi connectivity index (χ1) is 14.9. The van der Waals surface area contributed by atoms with Crippen LogP contribution in [0.2, 0.25) is 0 Å². The Labute approximate surface area is 184 Å². The molecule has 2 aromatic heterocycles. The third kappa shape index (κ3) is 4.56. The Morgan fingerprint density at radius 1 is 1.32 bits per heavy atom. The third-order valence-corrected chi connectivity index (χ3v) is 8.18. The van der Waals surface area contributed by atoms with Crippen LogP contribution in [0.25, 0.3) is 10.8 Å². The number of sulfonamides is 1. The Balaban J connectivity index is 1.49. The van der Waals surface area contributed by atoms with Crippen LogP contribution in [0.1, 0.15) is 47.9 Å². The van der Waals surface area contributed by atoms with E-state index >= 15 is 0 Å². The van der Waals surface area contributed by atoms with Gasteiger partial charge in [-0.3, -0.25) is 0 Å². The van der Waals surface area contributed by atoms with E-state index in [1.54, 1.807) is 13.0 Å². The van der Waals surface area contributed by atoms with Gasteiger partial charge < -0.3 is 9.26 Å². The van der Waals surface area contributed by atoms with Crippen LogP contribution in [-0.4, -0.2) is 41.4 Å². The second-order valence-electron chi connectivity index (χ2n) is 7.51. The Kier molecular flexibility index (Phi) is 6.22. The Morgan fingerprint density at radius 3 is 2.90 bits per heavy atom. The number of esters is 1. The molecule has 3 heterocycles. The van der Waals surface area contributed by atoms with E-state index in [2.05, 4.69) is 10.1 Å². The summed E-state index contributed by atoms with van der Waals surface area (Å²) in [5, 5.41) is 5.72. The molecule has 0 amide bonds. The van der Waals surface area contributed by atoms with Crippen LogP contribution in [0.3, 0.4) is 0 Å². The summed E-state index contributed by atoms with van der Waals surface area (Å²) >= 11 is 1.46. The van der Waals surface area contributed by atoms with E-state index in [1.807, 2.05) is 24.4 Å². The van der Waals surface area contributed by atoms with E-state index in [1.165, 1.54) is 27.8 Å². The molecule has 1 fully saturated rings. The SMILES string of the molecule is Cc1ccc(S(=O)(=O)N2CCCCC2C)cc1C(=O)OCc1noc(-c2cccs2)n1. The quantitative estimate of drug-likeness (QED) is 0.511. The van der Waals surface area contributed by atoms with E-state index in [4.69, 9.17) is 9.26 Å². The molecular weight excluding hydrogens is 438 g/mol. The smallest absolute Gasteiger partial charge is 0.338 e. The number of benzene rings is 1. The normalized spacial score (nSPS) is 17.5. The molecule has 1 saturated heterocycles. The average molecular weight is 462 g/mol. The third-order valence-electron chi connectivity index (χ3n) is 5.31. The van der Waals surface area contributed by atoms with Crippen molar-refractivity contribution in [2.24, 2.45) is 0 Å². The largest absolute Gasteiger partial charge is 0.454 e. The van der Waals surface area contributed by atoms with Gasteiger partial charge in [0.1, 0.15) is 0 Å². The van der Waals surface area contributed by atoms with Crippen molar-refractivity contribution in [2.75, 3.05) is 6.54 Å². The van der Waals surface area contributed by atoms with Crippen LogP contribution in [0.5, 0.6) is 0 Å². The van der Waals surface area contributed by atoms with Gasteiger partial charge in [-0.2, -0.15) is 9.29 Å². The predicted molar refractivity (Wildman–Crippen MR) is 115 cm³/mol. The number of ether oxygens (including phenoxy) is 1. The number of carbonyl (C=O) groups is 1. The number of piperidine rings is 1. The van der Waals surface area contributed by atoms with Gasteiger partial charge in [0.15, 0.2) is 6.61 Å². The molecule has 1 atom stereocenters. The monoisotopic (exact) mass is 461 g/mol. The van der Waals surface area contributed by atoms with Gasteiger partial charge in [0.05, 0.1) is 15.3 Å². The topological polar surface area (TPSA) is 103 Å². The molecule has 8 nitrogen and oxygen atoms in total. The lowest BCUT2D eigenvalue weighted by Crippen LogP contribution is -2.41. The van der Waals surface area contributed by atoms with Gasteiger partial charge in [0, 0.05) is 12.6 Å². The van der Waals surface area contributed by atoms with E-state index in [-0.39, 0.29) is 28.9 Å². The van der Waals surface area contributed by atoms with Gasteiger partial charge in [0.25, 0.3) is 5.89 Å². The maximum atomic E-state index is 13.1. The second-order valence-corrected chi connectivity index (χ2v) is 10.3. The zero-order valence-electron chi connectivity index (χ0n) is 17.3. The molecule has 1 aromatic carbocycles. The molecule has 1 aliphatic heterocycles. The van der Waals surface area contributed by atoms with Crippen LogP contribution in [0.4, 0.5) is 0 Å². The first-order valence-corrected chi connectivity index (χ1v) is 12.3. The minimum atomic E-state index is -3.69. The molecule has 3 aromatic rings. The van der Waals surface area contributed by atoms with E-state index in [9.17, 15) is 13.2 Å². The highest BCUT2D eigenvalue weighted by molar-refractivity contribution is 7.89. The van der Waals surface area contributed by atoms with Gasteiger partial charge in [-0.1, -0.05) is 23.7 Å². The average Bonchev–Trinajstić information content (AvgIpc) is 3.44. The molecule has 10 heteroatoms. The number of carbonyl (C=O) groups excluding carboxylic acids is 1. The van der Waals surface area contributed by atoms with Crippen molar-refractivity contribution >= 4 is 27.3 Å². The number of thiophene rings is 1. The number of nitrogens with zero attached hydrogens (tertiary/aromatic N) is 3. The maximum absolute atomic E-state index is 13.1. The van der Waals surface area contributed by atoms with Gasteiger partial charge in [-0.05, 0) is 55.8 Å². The molecule has 0 saturated carbocycles. The molecule has 0 aliphatic carbocycles. The molecule has 1 aliphatic rings. The van der Waals surface area contributed by atoms with Gasteiger partial charge in [0.2, 0.25) is 15.8 Å². The molecule has 4 rings (SSSR count). The summed E-state index contributed by atoms with van der Waals surface area (Å²) in [6, 6.07) is 8.22. The number of hydrogen-bond acceptors (Lipinski definition) is 8. The number of aryl methyl sites for hydroxylation is 1. The molecule has 164 valence electrons. The van der Waals surface area contributed by atoms with Crippen LogP contribution in [0, 0.1) is 6.92 Å². The van der Waals surface area contributed by atoms with Crippen molar-refractivity contribution in [3.63, 3.8) is 0 Å². The molecule has 31 heavy (non-hydrogen) atoms. The summed E-state index contributed by atoms with van der Waals surface area (Å²) in [6.45, 7) is 3.96. The highest BCUT2D eigenvalue weighted by Crippen LogP contribution is 2.27. The molecule has 1 unspecified atom stereocenters. The van der Waals surface area contributed by atoms with Crippen LogP contribution in [0.15, 0.2) is 45.1 Å². The lowest BCUT2D eigenvalue weighted by Gasteiger charge is -2.32. The Bertz CT molecular complexity index is 1170. The Hall–Kier alpha value is -2.56. The van der Waals surface area contributed by atoms with E-state index < -0.39 is 16.0 Å². The molecular formula is C21H23N3O5S2. The van der Waals surface area contributed by atoms with Gasteiger partial charge in [-0.25, -0.2) is 13.2 Å². The first-order valence-electron chi connectivity index (χ1n) is 10.0. The first kappa shape index (κ1) is 21.7. The second kappa shape index (κ2) is 8.89. The summed E-state index contributed by atoms with van der Waals surface area (Å²) in [5.74, 6) is -0.0370. The summed E-state index contributed by atoms with van der Waals surface area (Å²) in [5.41, 5.74) is 0.829. The van der Waals surface area contributed by atoms with Crippen LogP contribution in [-0.2, 0) is 21.4 Å². The van der Waals surface area contributed by atoms with Crippen molar-refractivity contribution in [3.05, 3.63) is 52.7 Å². The standard InChI is InChI=1S/C21H23N3O5S2/c1-14-8-9-16(31(26,27)24-10-4-3-6-15(24)2)12-17(14)21(25)28-13-19-22-20(29-23-19)18-7-5-11-30-18/h5,7-9,11-12,15H,3-4,6,10,13H2,1-2H3. The fourth-order valence-corrected chi connectivity index (χ4v) is 5.94. The van der Waals surface area contributed by atoms with Gasteiger partial charge >= 0.3 is 5.97 Å². The minimum absolute atomic E-state index is 0.0637. The Morgan fingerprint density at radius 2 is 2.16 bits per heavy atom. The highest BCUT2D eigenvalue weighted by Gasteiger charge is 2.31. The minimum Gasteiger partial charge on any atom is -0.454 e. The van der Waals surface area contributed by atoms with E-state index in [0.717, 1.165) is 24.1 Å². The fourth-order valence-electron chi connectivity index (χ4n) is 3.57. The summed E-state index contributed by atoms with van der Waals surface area (Å²) in [7, 11) is -3.69. The molecule has 0 bridgehead atoms. The van der Waals surface area contributed by atoms with Crippen LogP contribution >= 0.6 is 11.3 Å². The zero-order valence-corrected chi connectivity index (χ0v) is 18.9. The van der Waals surface area contributed by atoms with Gasteiger partial charge in [-0.15, -0.1) is 11.3 Å². The molecule has 0 spiro atoms. The fraction of sp³-hybridized carbons (Fsp3) is 0.381. The van der Waals surface area contributed by atoms with Crippen molar-refractivity contribution < 1.29 is 22.5 Å². The van der Waals surface area contributed by atoms with Crippen molar-refractivity contribution in [3.8, 4) is 10.8 Å². The number of aromatic nitrogens is 2. The maximum Gasteiger partial charge on any atom is 0.338 e. The number of rotatable bonds is 6. The molecule has 0 radical (unpaired) electrons. The summed E-state index contributed by atoms with van der Waals surface area (Å²) in [4.78, 5) is 17.8. The lowest BCUT2D eigenvalue weighted by atomic mass is 10.1.